The van der Waals surface area contributed by atoms with E-state index in [1.54, 1.807) is 0 Å². The van der Waals surface area contributed by atoms with Gasteiger partial charge in [0.1, 0.15) is 0 Å². The highest BCUT2D eigenvalue weighted by molar-refractivity contribution is 14.0. The second kappa shape index (κ2) is 14.0. The molecule has 2 heterocycles. The first kappa shape index (κ1) is 26.0. The third kappa shape index (κ3) is 8.74. The maximum absolute atomic E-state index is 4.98. The molecule has 1 N–H and O–H groups in total. The topological polar surface area (TPSA) is 34.1 Å². The predicted octanol–water partition coefficient (Wildman–Crippen LogP) is 3.89. The van der Waals surface area contributed by atoms with E-state index in [1.165, 1.54) is 77.8 Å². The maximum atomic E-state index is 4.98. The molecule has 166 valence electrons. The molecule has 1 atom stereocenters. The lowest BCUT2D eigenvalue weighted by Gasteiger charge is -2.42. The normalized spacial score (nSPS) is 24.9. The standard InChI is InChI=1S/C22H45N5.HI/c1-5-11-22(4)12-10-15-27(20-22)21(23-6-2)24-13-8-9-14-26-18-16-25(7-3)17-19-26;/h5-20H2,1-4H3,(H,23,24);1H. The molecule has 0 bridgehead atoms. The number of piperidine rings is 1. The minimum atomic E-state index is 0. The fourth-order valence-electron chi connectivity index (χ4n) is 4.69. The number of rotatable bonds is 9. The molecule has 0 aromatic heterocycles. The molecule has 2 saturated heterocycles. The van der Waals surface area contributed by atoms with E-state index in [0.29, 0.717) is 5.41 Å². The van der Waals surface area contributed by atoms with Crippen LogP contribution in [0.1, 0.15) is 66.2 Å². The number of guanidine groups is 1. The van der Waals surface area contributed by atoms with Crippen molar-refractivity contribution in [1.29, 1.82) is 0 Å². The van der Waals surface area contributed by atoms with Crippen molar-refractivity contribution in [2.24, 2.45) is 10.4 Å². The summed E-state index contributed by atoms with van der Waals surface area (Å²) in [6.07, 6.45) is 7.73. The molecule has 2 aliphatic heterocycles. The van der Waals surface area contributed by atoms with Crippen LogP contribution in [0, 0.1) is 5.41 Å². The van der Waals surface area contributed by atoms with Crippen LogP contribution in [0.5, 0.6) is 0 Å². The van der Waals surface area contributed by atoms with Crippen molar-refractivity contribution < 1.29 is 0 Å². The molecule has 0 spiro atoms. The van der Waals surface area contributed by atoms with Crippen molar-refractivity contribution >= 4 is 29.9 Å². The molecule has 0 aromatic rings. The molecule has 5 nitrogen and oxygen atoms in total. The van der Waals surface area contributed by atoms with Crippen LogP contribution in [0.4, 0.5) is 0 Å². The van der Waals surface area contributed by atoms with Gasteiger partial charge in [-0.05, 0) is 57.5 Å². The van der Waals surface area contributed by atoms with E-state index < -0.39 is 0 Å². The smallest absolute Gasteiger partial charge is 0.193 e. The number of hydrogen-bond acceptors (Lipinski definition) is 3. The summed E-state index contributed by atoms with van der Waals surface area (Å²) in [5, 5.41) is 3.54. The van der Waals surface area contributed by atoms with Crippen LogP contribution in [0.3, 0.4) is 0 Å². The number of piperazine rings is 1. The Labute approximate surface area is 191 Å². The zero-order valence-electron chi connectivity index (χ0n) is 19.0. The van der Waals surface area contributed by atoms with Crippen molar-refractivity contribution in [2.45, 2.75) is 66.2 Å². The Balaban J connectivity index is 0.00000392. The first-order chi connectivity index (χ1) is 13.1. The number of likely N-dealkylation sites (N-methyl/N-ethyl adjacent to an activating group) is 1. The maximum Gasteiger partial charge on any atom is 0.193 e. The number of likely N-dealkylation sites (tertiary alicyclic amines) is 1. The Bertz CT molecular complexity index is 433. The number of aliphatic imine (C=N–C) groups is 1. The van der Waals surface area contributed by atoms with Crippen molar-refractivity contribution in [3.05, 3.63) is 0 Å². The Morgan fingerprint density at radius 1 is 1.00 bits per heavy atom. The molecule has 0 saturated carbocycles. The third-order valence-corrected chi connectivity index (χ3v) is 6.33. The molecule has 0 aliphatic carbocycles. The van der Waals surface area contributed by atoms with Crippen LogP contribution in [0.15, 0.2) is 4.99 Å². The summed E-state index contributed by atoms with van der Waals surface area (Å²) >= 11 is 0. The molecule has 0 radical (unpaired) electrons. The van der Waals surface area contributed by atoms with Gasteiger partial charge in [0.2, 0.25) is 0 Å². The van der Waals surface area contributed by atoms with E-state index in [1.807, 2.05) is 0 Å². The molecule has 0 aromatic carbocycles. The van der Waals surface area contributed by atoms with E-state index in [-0.39, 0.29) is 24.0 Å². The number of nitrogens with zero attached hydrogens (tertiary/aromatic N) is 4. The summed E-state index contributed by atoms with van der Waals surface area (Å²) < 4.78 is 0. The van der Waals surface area contributed by atoms with E-state index >= 15 is 0 Å². The highest BCUT2D eigenvalue weighted by Crippen LogP contribution is 2.33. The van der Waals surface area contributed by atoms with E-state index in [9.17, 15) is 0 Å². The zero-order valence-corrected chi connectivity index (χ0v) is 21.3. The van der Waals surface area contributed by atoms with Gasteiger partial charge >= 0.3 is 0 Å². The molecule has 1 unspecified atom stereocenters. The predicted molar refractivity (Wildman–Crippen MR) is 133 cm³/mol. The van der Waals surface area contributed by atoms with E-state index in [0.717, 1.165) is 32.1 Å². The summed E-state index contributed by atoms with van der Waals surface area (Å²) in [4.78, 5) is 12.7. The van der Waals surface area contributed by atoms with Crippen LogP contribution >= 0.6 is 24.0 Å². The lowest BCUT2D eigenvalue weighted by Crippen LogP contribution is -2.49. The highest BCUT2D eigenvalue weighted by atomic mass is 127. The highest BCUT2D eigenvalue weighted by Gasteiger charge is 2.31. The van der Waals surface area contributed by atoms with Crippen molar-refractivity contribution in [3.63, 3.8) is 0 Å². The van der Waals surface area contributed by atoms with Crippen molar-refractivity contribution in [2.75, 3.05) is 65.4 Å². The minimum Gasteiger partial charge on any atom is -0.357 e. The van der Waals surface area contributed by atoms with Gasteiger partial charge in [-0.2, -0.15) is 0 Å². The van der Waals surface area contributed by atoms with Gasteiger partial charge in [0, 0.05) is 52.4 Å². The van der Waals surface area contributed by atoms with Crippen molar-refractivity contribution in [1.82, 2.24) is 20.0 Å². The number of halogens is 1. The monoisotopic (exact) mass is 507 g/mol. The van der Waals surface area contributed by atoms with Gasteiger partial charge in [0.05, 0.1) is 0 Å². The summed E-state index contributed by atoms with van der Waals surface area (Å²) in [5.74, 6) is 1.15. The number of nitrogens with one attached hydrogen (secondary N) is 1. The van der Waals surface area contributed by atoms with Crippen LogP contribution in [-0.2, 0) is 0 Å². The molecule has 28 heavy (non-hydrogen) atoms. The van der Waals surface area contributed by atoms with Gasteiger partial charge < -0.3 is 20.0 Å². The zero-order chi connectivity index (χ0) is 19.5. The lowest BCUT2D eigenvalue weighted by atomic mass is 9.78. The molecular formula is C22H46IN5. The molecule has 6 heteroatoms. The molecule has 2 aliphatic rings. The van der Waals surface area contributed by atoms with Crippen LogP contribution in [-0.4, -0.2) is 86.1 Å². The van der Waals surface area contributed by atoms with Gasteiger partial charge in [-0.1, -0.05) is 27.2 Å². The van der Waals surface area contributed by atoms with Gasteiger partial charge in [-0.25, -0.2) is 0 Å². The van der Waals surface area contributed by atoms with Crippen LogP contribution < -0.4 is 5.32 Å². The van der Waals surface area contributed by atoms with Gasteiger partial charge in [-0.3, -0.25) is 4.99 Å². The molecule has 2 fully saturated rings. The van der Waals surface area contributed by atoms with E-state index in [2.05, 4.69) is 47.7 Å². The molecular weight excluding hydrogens is 461 g/mol. The Morgan fingerprint density at radius 2 is 1.71 bits per heavy atom. The Morgan fingerprint density at radius 3 is 2.36 bits per heavy atom. The Hall–Kier alpha value is -0.0800. The Kier molecular flexibility index (Phi) is 13.0. The largest absolute Gasteiger partial charge is 0.357 e. The van der Waals surface area contributed by atoms with Gasteiger partial charge in [0.25, 0.3) is 0 Å². The van der Waals surface area contributed by atoms with Gasteiger partial charge in [-0.15, -0.1) is 24.0 Å². The SMILES string of the molecule is CCCC1(C)CCCN(C(=NCCCCN2CCN(CC)CC2)NCC)C1.I. The molecule has 0 amide bonds. The van der Waals surface area contributed by atoms with Gasteiger partial charge in [0.15, 0.2) is 5.96 Å². The first-order valence-corrected chi connectivity index (χ1v) is 11.6. The quantitative estimate of drug-likeness (QED) is 0.222. The summed E-state index contributed by atoms with van der Waals surface area (Å²) in [6.45, 7) is 20.9. The fraction of sp³-hybridized carbons (Fsp3) is 0.955. The lowest BCUT2D eigenvalue weighted by molar-refractivity contribution is 0.136. The number of unbranched alkanes of at least 4 members (excludes halogenated alkanes) is 1. The fourth-order valence-corrected chi connectivity index (χ4v) is 4.69. The minimum absolute atomic E-state index is 0. The second-order valence-corrected chi connectivity index (χ2v) is 8.80. The van der Waals surface area contributed by atoms with Crippen LogP contribution in [0.25, 0.3) is 0 Å². The summed E-state index contributed by atoms with van der Waals surface area (Å²) in [7, 11) is 0. The second-order valence-electron chi connectivity index (χ2n) is 8.80. The number of hydrogen-bond donors (Lipinski definition) is 1. The summed E-state index contributed by atoms with van der Waals surface area (Å²) in [5.41, 5.74) is 0.462. The average molecular weight is 508 g/mol. The summed E-state index contributed by atoms with van der Waals surface area (Å²) in [6, 6.07) is 0. The van der Waals surface area contributed by atoms with E-state index in [4.69, 9.17) is 4.99 Å². The van der Waals surface area contributed by atoms with Crippen LogP contribution in [0.2, 0.25) is 0 Å². The molecule has 2 rings (SSSR count). The third-order valence-electron chi connectivity index (χ3n) is 6.33. The first-order valence-electron chi connectivity index (χ1n) is 11.6. The average Bonchev–Trinajstić information content (AvgIpc) is 2.67. The van der Waals surface area contributed by atoms with Crippen molar-refractivity contribution in [3.8, 4) is 0 Å².